The van der Waals surface area contributed by atoms with Crippen LogP contribution in [0.15, 0.2) is 4.99 Å². The maximum absolute atomic E-state index is 4.74. The van der Waals surface area contributed by atoms with Crippen LogP contribution in [-0.2, 0) is 0 Å². The third-order valence-corrected chi connectivity index (χ3v) is 5.21. The van der Waals surface area contributed by atoms with Crippen molar-refractivity contribution in [3.05, 3.63) is 0 Å². The maximum Gasteiger partial charge on any atom is 0.191 e. The Kier molecular flexibility index (Phi) is 12.8. The highest BCUT2D eigenvalue weighted by molar-refractivity contribution is 5.79. The molecule has 0 spiro atoms. The Morgan fingerprint density at radius 3 is 2.40 bits per heavy atom. The second-order valence-electron chi connectivity index (χ2n) is 7.30. The van der Waals surface area contributed by atoms with Gasteiger partial charge in [-0.05, 0) is 84.2 Å². The van der Waals surface area contributed by atoms with E-state index in [-0.39, 0.29) is 0 Å². The zero-order chi connectivity index (χ0) is 18.3. The van der Waals surface area contributed by atoms with Crippen LogP contribution >= 0.6 is 0 Å². The molecule has 0 aromatic heterocycles. The molecule has 0 aromatic rings. The van der Waals surface area contributed by atoms with Gasteiger partial charge in [-0.15, -0.1) is 0 Å². The van der Waals surface area contributed by atoms with Crippen molar-refractivity contribution in [1.82, 2.24) is 20.4 Å². The van der Waals surface area contributed by atoms with Crippen molar-refractivity contribution >= 4 is 5.96 Å². The number of nitrogens with one attached hydrogen (secondary N) is 2. The highest BCUT2D eigenvalue weighted by atomic mass is 15.2. The number of rotatable bonds is 12. The highest BCUT2D eigenvalue weighted by Gasteiger charge is 2.14. The molecular formula is C20H43N5. The molecule has 0 radical (unpaired) electrons. The number of unbranched alkanes of at least 4 members (excludes halogenated alkanes) is 1. The summed E-state index contributed by atoms with van der Waals surface area (Å²) in [5.41, 5.74) is 0. The molecule has 1 rings (SSSR count). The molecule has 25 heavy (non-hydrogen) atoms. The van der Waals surface area contributed by atoms with Crippen molar-refractivity contribution in [2.75, 3.05) is 58.9 Å². The summed E-state index contributed by atoms with van der Waals surface area (Å²) in [4.78, 5) is 9.82. The molecule has 1 heterocycles. The number of aliphatic imine (C=N–C) groups is 1. The Balaban J connectivity index is 2.13. The summed E-state index contributed by atoms with van der Waals surface area (Å²) in [5.74, 6) is 1.90. The molecule has 1 fully saturated rings. The fourth-order valence-corrected chi connectivity index (χ4v) is 3.32. The van der Waals surface area contributed by atoms with E-state index in [0.717, 1.165) is 51.0 Å². The van der Waals surface area contributed by atoms with Gasteiger partial charge in [0.15, 0.2) is 5.96 Å². The van der Waals surface area contributed by atoms with Crippen LogP contribution in [0.2, 0.25) is 0 Å². The maximum atomic E-state index is 4.74. The molecule has 0 saturated carbocycles. The first-order valence-corrected chi connectivity index (χ1v) is 10.7. The van der Waals surface area contributed by atoms with Crippen LogP contribution in [-0.4, -0.2) is 74.7 Å². The van der Waals surface area contributed by atoms with Gasteiger partial charge in [-0.1, -0.05) is 20.8 Å². The molecule has 0 aromatic carbocycles. The van der Waals surface area contributed by atoms with Gasteiger partial charge in [0.2, 0.25) is 0 Å². The monoisotopic (exact) mass is 353 g/mol. The number of piperidine rings is 1. The van der Waals surface area contributed by atoms with E-state index in [9.17, 15) is 0 Å². The topological polar surface area (TPSA) is 42.9 Å². The summed E-state index contributed by atoms with van der Waals surface area (Å²) in [6, 6.07) is 0. The van der Waals surface area contributed by atoms with Crippen molar-refractivity contribution in [1.29, 1.82) is 0 Å². The summed E-state index contributed by atoms with van der Waals surface area (Å²) >= 11 is 0. The molecule has 0 atom stereocenters. The van der Waals surface area contributed by atoms with Crippen LogP contribution in [0.3, 0.4) is 0 Å². The van der Waals surface area contributed by atoms with E-state index in [0.29, 0.717) is 0 Å². The molecule has 5 heteroatoms. The molecule has 0 amide bonds. The molecule has 0 aliphatic carbocycles. The summed E-state index contributed by atoms with van der Waals surface area (Å²) < 4.78 is 0. The minimum Gasteiger partial charge on any atom is -0.357 e. The van der Waals surface area contributed by atoms with Crippen LogP contribution in [0.5, 0.6) is 0 Å². The first-order chi connectivity index (χ1) is 12.2. The molecule has 1 aliphatic heterocycles. The highest BCUT2D eigenvalue weighted by Crippen LogP contribution is 2.15. The van der Waals surface area contributed by atoms with Crippen molar-refractivity contribution in [2.24, 2.45) is 10.9 Å². The first kappa shape index (κ1) is 22.2. The molecular weight excluding hydrogens is 310 g/mol. The number of nitrogens with zero attached hydrogens (tertiary/aromatic N) is 3. The normalized spacial score (nSPS) is 17.2. The largest absolute Gasteiger partial charge is 0.357 e. The molecule has 1 saturated heterocycles. The van der Waals surface area contributed by atoms with Crippen LogP contribution in [0.1, 0.15) is 59.8 Å². The molecule has 1 aliphatic rings. The van der Waals surface area contributed by atoms with Gasteiger partial charge >= 0.3 is 0 Å². The second kappa shape index (κ2) is 14.4. The van der Waals surface area contributed by atoms with Crippen LogP contribution < -0.4 is 10.6 Å². The molecule has 0 bridgehead atoms. The van der Waals surface area contributed by atoms with Crippen LogP contribution in [0.4, 0.5) is 0 Å². The lowest BCUT2D eigenvalue weighted by Crippen LogP contribution is -2.38. The lowest BCUT2D eigenvalue weighted by atomic mass is 9.99. The summed E-state index contributed by atoms with van der Waals surface area (Å²) in [6.07, 6.45) is 6.34. The summed E-state index contributed by atoms with van der Waals surface area (Å²) in [6.45, 7) is 19.1. The average molecular weight is 354 g/mol. The van der Waals surface area contributed by atoms with E-state index in [1.54, 1.807) is 0 Å². The minimum atomic E-state index is 0.917. The number of hydrogen-bond donors (Lipinski definition) is 2. The zero-order valence-electron chi connectivity index (χ0n) is 17.3. The van der Waals surface area contributed by atoms with Gasteiger partial charge in [-0.25, -0.2) is 0 Å². The van der Waals surface area contributed by atoms with Crippen molar-refractivity contribution < 1.29 is 0 Å². The van der Waals surface area contributed by atoms with Crippen molar-refractivity contribution in [3.8, 4) is 0 Å². The SMILES string of the molecule is CCNC(=NCCCN1CCC(C)CC1)NCCCCN(CC)CC. The van der Waals surface area contributed by atoms with Gasteiger partial charge in [0.25, 0.3) is 0 Å². The van der Waals surface area contributed by atoms with Crippen molar-refractivity contribution in [3.63, 3.8) is 0 Å². The summed E-state index contributed by atoms with van der Waals surface area (Å²) in [5, 5.41) is 6.85. The van der Waals surface area contributed by atoms with Crippen LogP contribution in [0, 0.1) is 5.92 Å². The Hall–Kier alpha value is -0.810. The molecule has 148 valence electrons. The van der Waals surface area contributed by atoms with E-state index >= 15 is 0 Å². The number of hydrogen-bond acceptors (Lipinski definition) is 3. The fraction of sp³-hybridized carbons (Fsp3) is 0.950. The van der Waals surface area contributed by atoms with Gasteiger partial charge in [0.05, 0.1) is 0 Å². The quantitative estimate of drug-likeness (QED) is 0.322. The van der Waals surface area contributed by atoms with Gasteiger partial charge in [0, 0.05) is 19.6 Å². The van der Waals surface area contributed by atoms with E-state index in [1.165, 1.54) is 51.9 Å². The van der Waals surface area contributed by atoms with E-state index in [2.05, 4.69) is 48.1 Å². The lowest BCUT2D eigenvalue weighted by Gasteiger charge is -2.29. The third-order valence-electron chi connectivity index (χ3n) is 5.21. The van der Waals surface area contributed by atoms with Gasteiger partial charge in [-0.3, -0.25) is 4.99 Å². The fourth-order valence-electron chi connectivity index (χ4n) is 3.32. The van der Waals surface area contributed by atoms with Gasteiger partial charge in [0.1, 0.15) is 0 Å². The average Bonchev–Trinajstić information content (AvgIpc) is 2.63. The number of likely N-dealkylation sites (tertiary alicyclic amines) is 1. The molecule has 0 unspecified atom stereocenters. The van der Waals surface area contributed by atoms with E-state index in [1.807, 2.05) is 0 Å². The Morgan fingerprint density at radius 1 is 1.04 bits per heavy atom. The van der Waals surface area contributed by atoms with Gasteiger partial charge < -0.3 is 20.4 Å². The predicted octanol–water partition coefficient (Wildman–Crippen LogP) is 2.79. The zero-order valence-corrected chi connectivity index (χ0v) is 17.3. The van der Waals surface area contributed by atoms with Crippen LogP contribution in [0.25, 0.3) is 0 Å². The Bertz CT molecular complexity index is 333. The second-order valence-corrected chi connectivity index (χ2v) is 7.30. The van der Waals surface area contributed by atoms with E-state index < -0.39 is 0 Å². The van der Waals surface area contributed by atoms with Gasteiger partial charge in [-0.2, -0.15) is 0 Å². The van der Waals surface area contributed by atoms with E-state index in [4.69, 9.17) is 4.99 Å². The van der Waals surface area contributed by atoms with Crippen molar-refractivity contribution in [2.45, 2.75) is 59.8 Å². The molecule has 5 nitrogen and oxygen atoms in total. The predicted molar refractivity (Wildman–Crippen MR) is 110 cm³/mol. The lowest BCUT2D eigenvalue weighted by molar-refractivity contribution is 0.192. The third kappa shape index (κ3) is 10.7. The standard InChI is InChI=1S/C20H43N5/c1-5-21-20(22-13-8-9-15-24(6-2)7-3)23-14-10-16-25-17-11-19(4)12-18-25/h19H,5-18H2,1-4H3,(H2,21,22,23). The summed E-state index contributed by atoms with van der Waals surface area (Å²) in [7, 11) is 0. The smallest absolute Gasteiger partial charge is 0.191 e. The number of guanidine groups is 1. The first-order valence-electron chi connectivity index (χ1n) is 10.7. The Morgan fingerprint density at radius 2 is 1.76 bits per heavy atom. The molecule has 2 N–H and O–H groups in total. The Labute approximate surface area is 156 Å². The minimum absolute atomic E-state index is 0.917.